The molecule has 0 unspecified atom stereocenters. The molecule has 20 heteroatoms. The monoisotopic (exact) mass is 807 g/mol. The Kier molecular flexibility index (Phi) is 12.2. The number of hydrogen-bond donors (Lipinski definition) is 5. The second-order valence-electron chi connectivity index (χ2n) is 12.6. The van der Waals surface area contributed by atoms with Crippen molar-refractivity contribution in [3.8, 4) is 17.3 Å². The predicted molar refractivity (Wildman–Crippen MR) is 199 cm³/mol. The zero-order valence-corrected chi connectivity index (χ0v) is 30.6. The summed E-state index contributed by atoms with van der Waals surface area (Å²) in [7, 11) is 1.13. The highest BCUT2D eigenvalue weighted by Crippen LogP contribution is 2.48. The fraction of sp³-hybridized carbons (Fsp3) is 0.243. The van der Waals surface area contributed by atoms with Crippen LogP contribution in [-0.2, 0) is 24.7 Å². The number of nitrogens with one attached hydrogen (secondary N) is 5. The minimum Gasteiger partial charge on any atom is -0.467 e. The van der Waals surface area contributed by atoms with Gasteiger partial charge in [0.05, 0.1) is 18.8 Å². The summed E-state index contributed by atoms with van der Waals surface area (Å²) in [5.74, 6) is -3.03. The molecule has 296 valence electrons. The average molecular weight is 808 g/mol. The topological polar surface area (TPSA) is 212 Å². The maximum atomic E-state index is 13.1. The SMILES string of the molecule is COC(=O)[C@H](CCNC(=O)C(=O)Nc1ccc(-c2ccno2)cc1)NC(=O)c1ccc(Nc2nc(NC3(c4ccc(Cl)cc4)CC3)nc(OCC(F)(F)F)n2)cc1. The molecule has 0 bridgehead atoms. The number of anilines is 4. The molecule has 3 aromatic carbocycles. The van der Waals surface area contributed by atoms with Crippen LogP contribution in [0.3, 0.4) is 0 Å². The lowest BCUT2D eigenvalue weighted by molar-refractivity contribution is -0.154. The number of aromatic nitrogens is 4. The van der Waals surface area contributed by atoms with Crippen molar-refractivity contribution in [2.24, 2.45) is 0 Å². The van der Waals surface area contributed by atoms with Gasteiger partial charge in [0.25, 0.3) is 5.91 Å². The van der Waals surface area contributed by atoms with Gasteiger partial charge in [0, 0.05) is 40.1 Å². The molecule has 5 N–H and O–H groups in total. The third-order valence-electron chi connectivity index (χ3n) is 8.46. The highest BCUT2D eigenvalue weighted by molar-refractivity contribution is 6.39. The summed E-state index contributed by atoms with van der Waals surface area (Å²) in [4.78, 5) is 62.8. The van der Waals surface area contributed by atoms with E-state index in [1.807, 2.05) is 12.1 Å². The first kappa shape index (κ1) is 39.9. The number of ether oxygens (including phenoxy) is 2. The number of carbonyl (C=O) groups is 4. The molecule has 0 aliphatic heterocycles. The number of alkyl halides is 3. The van der Waals surface area contributed by atoms with Gasteiger partial charge in [-0.05, 0) is 85.5 Å². The molecule has 16 nitrogen and oxygen atoms in total. The van der Waals surface area contributed by atoms with Gasteiger partial charge in [0.1, 0.15) is 6.04 Å². The summed E-state index contributed by atoms with van der Waals surface area (Å²) in [6.45, 7) is -1.80. The van der Waals surface area contributed by atoms with Gasteiger partial charge in [0.2, 0.25) is 11.9 Å². The Hall–Kier alpha value is -6.76. The average Bonchev–Trinajstić information content (AvgIpc) is 3.75. The Morgan fingerprint density at radius 3 is 2.19 bits per heavy atom. The van der Waals surface area contributed by atoms with Gasteiger partial charge in [0.15, 0.2) is 12.4 Å². The second kappa shape index (κ2) is 17.4. The number of rotatable bonds is 15. The number of amides is 3. The van der Waals surface area contributed by atoms with E-state index in [1.54, 1.807) is 42.5 Å². The van der Waals surface area contributed by atoms with Crippen molar-refractivity contribution in [1.29, 1.82) is 0 Å². The van der Waals surface area contributed by atoms with E-state index in [4.69, 9.17) is 25.6 Å². The first-order valence-corrected chi connectivity index (χ1v) is 17.5. The third kappa shape index (κ3) is 10.9. The van der Waals surface area contributed by atoms with Crippen LogP contribution < -0.4 is 31.3 Å². The van der Waals surface area contributed by atoms with Crippen molar-refractivity contribution >= 4 is 58.6 Å². The molecule has 0 spiro atoms. The number of carbonyl (C=O) groups excluding carboxylic acids is 4. The molecule has 3 amide bonds. The molecule has 57 heavy (non-hydrogen) atoms. The molecule has 0 saturated heterocycles. The Morgan fingerprint density at radius 2 is 1.56 bits per heavy atom. The maximum Gasteiger partial charge on any atom is 0.422 e. The van der Waals surface area contributed by atoms with Crippen LogP contribution in [0.2, 0.25) is 5.02 Å². The molecular weight excluding hydrogens is 775 g/mol. The Morgan fingerprint density at radius 1 is 0.877 bits per heavy atom. The molecule has 1 fully saturated rings. The van der Waals surface area contributed by atoms with Gasteiger partial charge >= 0.3 is 30.0 Å². The fourth-order valence-electron chi connectivity index (χ4n) is 5.42. The van der Waals surface area contributed by atoms with Gasteiger partial charge in [-0.3, -0.25) is 14.4 Å². The Balaban J connectivity index is 1.04. The third-order valence-corrected chi connectivity index (χ3v) is 8.71. The summed E-state index contributed by atoms with van der Waals surface area (Å²) < 4.78 is 53.6. The van der Waals surface area contributed by atoms with Crippen molar-refractivity contribution in [1.82, 2.24) is 30.7 Å². The minimum atomic E-state index is -4.64. The molecule has 1 atom stereocenters. The van der Waals surface area contributed by atoms with Crippen molar-refractivity contribution in [3.05, 3.63) is 101 Å². The highest BCUT2D eigenvalue weighted by atomic mass is 35.5. The smallest absolute Gasteiger partial charge is 0.422 e. The normalized spacial score (nSPS) is 13.4. The molecule has 5 aromatic rings. The van der Waals surface area contributed by atoms with Gasteiger partial charge in [-0.2, -0.15) is 28.1 Å². The van der Waals surface area contributed by atoms with E-state index in [1.165, 1.54) is 30.5 Å². The molecule has 2 aromatic heterocycles. The largest absolute Gasteiger partial charge is 0.467 e. The number of hydrogen-bond acceptors (Lipinski definition) is 13. The number of esters is 1. The van der Waals surface area contributed by atoms with Crippen molar-refractivity contribution in [2.75, 3.05) is 36.2 Å². The maximum absolute atomic E-state index is 13.1. The highest BCUT2D eigenvalue weighted by Gasteiger charge is 2.45. The summed E-state index contributed by atoms with van der Waals surface area (Å²) in [6.07, 6.45) is -1.85. The lowest BCUT2D eigenvalue weighted by Gasteiger charge is -2.19. The van der Waals surface area contributed by atoms with Crippen molar-refractivity contribution in [3.63, 3.8) is 0 Å². The number of halogens is 4. The van der Waals surface area contributed by atoms with Gasteiger partial charge in [-0.15, -0.1) is 0 Å². The van der Waals surface area contributed by atoms with Gasteiger partial charge in [-0.1, -0.05) is 28.9 Å². The summed E-state index contributed by atoms with van der Waals surface area (Å²) in [5.41, 5.74) is 1.87. The first-order valence-electron chi connectivity index (χ1n) is 17.2. The summed E-state index contributed by atoms with van der Waals surface area (Å²) >= 11 is 6.03. The quantitative estimate of drug-likeness (QED) is 0.0665. The van der Waals surface area contributed by atoms with Crippen LogP contribution in [0.15, 0.2) is 89.6 Å². The second-order valence-corrected chi connectivity index (χ2v) is 13.0. The summed E-state index contributed by atoms with van der Waals surface area (Å²) in [5, 5.41) is 17.7. The fourth-order valence-corrected chi connectivity index (χ4v) is 5.55. The lowest BCUT2D eigenvalue weighted by Crippen LogP contribution is -2.44. The zero-order chi connectivity index (χ0) is 40.6. The van der Waals surface area contributed by atoms with E-state index >= 15 is 0 Å². The van der Waals surface area contributed by atoms with E-state index in [2.05, 4.69) is 46.7 Å². The van der Waals surface area contributed by atoms with Gasteiger partial charge < -0.3 is 40.6 Å². The van der Waals surface area contributed by atoms with Gasteiger partial charge in [-0.25, -0.2) is 4.79 Å². The van der Waals surface area contributed by atoms with Crippen LogP contribution in [0.25, 0.3) is 11.3 Å². The molecule has 2 heterocycles. The Bertz CT molecular complexity index is 2200. The minimum absolute atomic E-state index is 0.0340. The molecule has 6 rings (SSSR count). The van der Waals surface area contributed by atoms with E-state index in [0.717, 1.165) is 12.7 Å². The molecule has 1 aliphatic rings. The summed E-state index contributed by atoms with van der Waals surface area (Å²) in [6, 6.07) is 19.3. The molecule has 0 radical (unpaired) electrons. The standard InChI is InChI=1S/C37H33ClF3N9O7/c1-55-32(54)27(14-18-42-30(52)31(53)44-25-10-2-21(3-11-25)28-15-19-43-57-28)46-29(51)22-4-12-26(13-5-22)45-33-47-34(49-35(48-33)56-20-37(39,40)41)50-36(16-17-36)23-6-8-24(38)9-7-23/h2-13,15,19,27H,14,16-18,20H2,1H3,(H,42,52)(H,44,53)(H,46,51)(H2,45,47,48,49,50)/t27-/m0/s1. The number of benzene rings is 3. The molecule has 1 saturated carbocycles. The zero-order valence-electron chi connectivity index (χ0n) is 29.9. The Labute approximate surface area is 326 Å². The van der Waals surface area contributed by atoms with E-state index in [9.17, 15) is 32.3 Å². The van der Waals surface area contributed by atoms with Crippen molar-refractivity contribution < 1.29 is 46.3 Å². The van der Waals surface area contributed by atoms with Crippen LogP contribution in [0, 0.1) is 0 Å². The molecular formula is C37H33ClF3N9O7. The van der Waals surface area contributed by atoms with Crippen LogP contribution in [0.1, 0.15) is 35.2 Å². The van der Waals surface area contributed by atoms with E-state index in [0.29, 0.717) is 40.6 Å². The number of methoxy groups -OCH3 is 1. The van der Waals surface area contributed by atoms with Crippen molar-refractivity contribution in [2.45, 2.75) is 37.0 Å². The molecule has 1 aliphatic carbocycles. The lowest BCUT2D eigenvalue weighted by atomic mass is 10.1. The van der Waals surface area contributed by atoms with Crippen LogP contribution in [0.5, 0.6) is 6.01 Å². The van der Waals surface area contributed by atoms with E-state index in [-0.39, 0.29) is 30.4 Å². The predicted octanol–water partition coefficient (Wildman–Crippen LogP) is 5.38. The first-order chi connectivity index (χ1) is 27.3. The van der Waals surface area contributed by atoms with E-state index < -0.39 is 54.1 Å². The number of nitrogens with zero attached hydrogens (tertiary/aromatic N) is 4. The van der Waals surface area contributed by atoms with Crippen LogP contribution >= 0.6 is 11.6 Å². The van der Waals surface area contributed by atoms with Crippen LogP contribution in [-0.4, -0.2) is 76.3 Å². The van der Waals surface area contributed by atoms with Crippen LogP contribution in [0.4, 0.5) is 36.4 Å².